The summed E-state index contributed by atoms with van der Waals surface area (Å²) in [6, 6.07) is 36.8. The Morgan fingerprint density at radius 1 is 0.594 bits per heavy atom. The summed E-state index contributed by atoms with van der Waals surface area (Å²) >= 11 is 6.15. The van der Waals surface area contributed by atoms with Crippen molar-refractivity contribution in [2.45, 2.75) is 6.92 Å². The van der Waals surface area contributed by atoms with Crippen molar-refractivity contribution < 1.29 is 0 Å². The van der Waals surface area contributed by atoms with Crippen molar-refractivity contribution in [2.24, 2.45) is 9.98 Å². The lowest BCUT2D eigenvalue weighted by atomic mass is 10.0. The minimum Gasteiger partial charge on any atom is -0.229 e. The molecule has 0 aromatic heterocycles. The quantitative estimate of drug-likeness (QED) is 0.224. The van der Waals surface area contributed by atoms with Crippen molar-refractivity contribution in [1.29, 1.82) is 0 Å². The molecule has 0 spiro atoms. The fraction of sp³-hybridized carbons (Fsp3) is 0.0345. The van der Waals surface area contributed by atoms with Gasteiger partial charge in [0, 0.05) is 11.1 Å². The Labute approximate surface area is 194 Å². The van der Waals surface area contributed by atoms with Crippen LogP contribution in [0.5, 0.6) is 0 Å². The SMILES string of the molecule is C=C(/N=C(\N=C(/C)Cl)c1cccc(-c2ccccc2)c1)c1cccc(-c2ccccc2)c1. The number of amidine groups is 1. The number of halogens is 1. The first-order chi connectivity index (χ1) is 15.6. The fourth-order valence-electron chi connectivity index (χ4n) is 3.47. The molecule has 4 aromatic rings. The molecule has 2 nitrogen and oxygen atoms in total. The van der Waals surface area contributed by atoms with Crippen LogP contribution in [-0.2, 0) is 0 Å². The van der Waals surface area contributed by atoms with Crippen LogP contribution in [0.15, 0.2) is 126 Å². The summed E-state index contributed by atoms with van der Waals surface area (Å²) in [5.41, 5.74) is 6.94. The van der Waals surface area contributed by atoms with Gasteiger partial charge in [-0.2, -0.15) is 0 Å². The zero-order valence-electron chi connectivity index (χ0n) is 17.9. The third kappa shape index (κ3) is 5.29. The second-order valence-corrected chi connectivity index (χ2v) is 7.93. The molecule has 0 amide bonds. The second kappa shape index (κ2) is 10.0. The van der Waals surface area contributed by atoms with Gasteiger partial charge in [0.05, 0.1) is 5.70 Å². The van der Waals surface area contributed by atoms with Gasteiger partial charge in [-0.05, 0) is 41.3 Å². The van der Waals surface area contributed by atoms with E-state index in [0.29, 0.717) is 16.7 Å². The zero-order chi connectivity index (χ0) is 22.3. The molecule has 32 heavy (non-hydrogen) atoms. The number of benzene rings is 4. The number of hydrogen-bond acceptors (Lipinski definition) is 1. The maximum Gasteiger partial charge on any atom is 0.161 e. The third-order valence-corrected chi connectivity index (χ3v) is 5.12. The van der Waals surface area contributed by atoms with Crippen LogP contribution in [0.25, 0.3) is 28.0 Å². The molecule has 4 rings (SSSR count). The molecule has 0 radical (unpaired) electrons. The minimum atomic E-state index is 0.416. The van der Waals surface area contributed by atoms with Crippen molar-refractivity contribution in [3.63, 3.8) is 0 Å². The van der Waals surface area contributed by atoms with E-state index in [9.17, 15) is 0 Å². The summed E-state index contributed by atoms with van der Waals surface area (Å²) in [7, 11) is 0. The molecule has 0 bridgehead atoms. The van der Waals surface area contributed by atoms with Gasteiger partial charge in [-0.3, -0.25) is 0 Å². The first kappa shape index (κ1) is 21.5. The van der Waals surface area contributed by atoms with E-state index in [1.807, 2.05) is 60.7 Å². The Kier molecular flexibility index (Phi) is 6.74. The van der Waals surface area contributed by atoms with Crippen LogP contribution in [0.3, 0.4) is 0 Å². The molecule has 0 aliphatic carbocycles. The van der Waals surface area contributed by atoms with Crippen LogP contribution in [0.2, 0.25) is 0 Å². The van der Waals surface area contributed by atoms with Crippen LogP contribution in [0, 0.1) is 0 Å². The topological polar surface area (TPSA) is 24.7 Å². The lowest BCUT2D eigenvalue weighted by Gasteiger charge is -2.09. The van der Waals surface area contributed by atoms with Crippen LogP contribution >= 0.6 is 11.6 Å². The highest BCUT2D eigenvalue weighted by molar-refractivity contribution is 6.65. The number of hydrogen-bond donors (Lipinski definition) is 0. The molecule has 0 aliphatic heterocycles. The van der Waals surface area contributed by atoms with E-state index < -0.39 is 0 Å². The summed E-state index contributed by atoms with van der Waals surface area (Å²) in [4.78, 5) is 9.28. The van der Waals surface area contributed by atoms with Crippen LogP contribution in [-0.4, -0.2) is 11.0 Å². The average molecular weight is 435 g/mol. The Balaban J connectivity index is 1.71. The minimum absolute atomic E-state index is 0.416. The van der Waals surface area contributed by atoms with Crippen LogP contribution < -0.4 is 0 Å². The zero-order valence-corrected chi connectivity index (χ0v) is 18.6. The molecule has 0 saturated heterocycles. The van der Waals surface area contributed by atoms with Gasteiger partial charge in [-0.15, -0.1) is 0 Å². The standard InChI is InChI=1S/C29H23ClN2/c1-21(25-15-9-16-26(19-25)23-11-5-3-6-12-23)31-29(32-22(2)30)28-18-10-17-27(20-28)24-13-7-4-8-14-24/h3-20H,1H2,2H3/b31-29-,32-22+. The van der Waals surface area contributed by atoms with E-state index in [0.717, 1.165) is 33.4 Å². The molecular weight excluding hydrogens is 412 g/mol. The summed E-state index contributed by atoms with van der Waals surface area (Å²) < 4.78 is 0. The molecule has 0 unspecified atom stereocenters. The van der Waals surface area contributed by atoms with E-state index in [-0.39, 0.29) is 0 Å². The fourth-order valence-corrected chi connectivity index (χ4v) is 3.55. The van der Waals surface area contributed by atoms with E-state index >= 15 is 0 Å². The van der Waals surface area contributed by atoms with Gasteiger partial charge in [0.1, 0.15) is 5.17 Å². The number of nitrogens with zero attached hydrogens (tertiary/aromatic N) is 2. The molecule has 0 N–H and O–H groups in total. The molecule has 0 saturated carbocycles. The molecule has 0 heterocycles. The molecular formula is C29H23ClN2. The summed E-state index contributed by atoms with van der Waals surface area (Å²) in [5, 5.41) is 0.416. The van der Waals surface area contributed by atoms with Gasteiger partial charge in [0.25, 0.3) is 0 Å². The molecule has 4 aromatic carbocycles. The Morgan fingerprint density at radius 3 is 1.59 bits per heavy atom. The largest absolute Gasteiger partial charge is 0.229 e. The molecule has 0 fully saturated rings. The maximum absolute atomic E-state index is 6.15. The van der Waals surface area contributed by atoms with E-state index in [2.05, 4.69) is 60.1 Å². The average Bonchev–Trinajstić information content (AvgIpc) is 2.84. The van der Waals surface area contributed by atoms with Crippen molar-refractivity contribution >= 4 is 28.3 Å². The Bertz CT molecular complexity index is 1290. The van der Waals surface area contributed by atoms with Crippen LogP contribution in [0.4, 0.5) is 0 Å². The van der Waals surface area contributed by atoms with Gasteiger partial charge in [0.15, 0.2) is 5.84 Å². The number of aliphatic imine (C=N–C) groups is 2. The van der Waals surface area contributed by atoms with E-state index in [1.165, 1.54) is 0 Å². The monoisotopic (exact) mass is 434 g/mol. The van der Waals surface area contributed by atoms with Gasteiger partial charge in [-0.1, -0.05) is 115 Å². The normalized spacial score (nSPS) is 11.9. The Hall–Kier alpha value is -3.75. The van der Waals surface area contributed by atoms with Crippen molar-refractivity contribution in [3.8, 4) is 22.3 Å². The number of rotatable bonds is 5. The lowest BCUT2D eigenvalue weighted by Crippen LogP contribution is -2.00. The second-order valence-electron chi connectivity index (χ2n) is 7.38. The van der Waals surface area contributed by atoms with E-state index in [1.54, 1.807) is 6.92 Å². The summed E-state index contributed by atoms with van der Waals surface area (Å²) in [6.07, 6.45) is 0. The first-order valence-electron chi connectivity index (χ1n) is 10.4. The van der Waals surface area contributed by atoms with Crippen molar-refractivity contribution in [3.05, 3.63) is 127 Å². The van der Waals surface area contributed by atoms with Gasteiger partial charge < -0.3 is 0 Å². The van der Waals surface area contributed by atoms with Gasteiger partial charge in [0.2, 0.25) is 0 Å². The highest BCUT2D eigenvalue weighted by atomic mass is 35.5. The molecule has 3 heteroatoms. The van der Waals surface area contributed by atoms with Gasteiger partial charge in [-0.25, -0.2) is 9.98 Å². The molecule has 0 aliphatic rings. The highest BCUT2D eigenvalue weighted by Gasteiger charge is 2.08. The highest BCUT2D eigenvalue weighted by Crippen LogP contribution is 2.25. The molecule has 156 valence electrons. The van der Waals surface area contributed by atoms with Gasteiger partial charge >= 0.3 is 0 Å². The van der Waals surface area contributed by atoms with Crippen LogP contribution in [0.1, 0.15) is 18.1 Å². The predicted octanol–water partition coefficient (Wildman–Crippen LogP) is 8.10. The summed E-state index contributed by atoms with van der Waals surface area (Å²) in [5.74, 6) is 0.533. The van der Waals surface area contributed by atoms with Crippen molar-refractivity contribution in [2.75, 3.05) is 0 Å². The first-order valence-corrected chi connectivity index (χ1v) is 10.8. The Morgan fingerprint density at radius 2 is 1.06 bits per heavy atom. The molecule has 0 atom stereocenters. The van der Waals surface area contributed by atoms with Crippen molar-refractivity contribution in [1.82, 2.24) is 0 Å². The predicted molar refractivity (Wildman–Crippen MR) is 138 cm³/mol. The lowest BCUT2D eigenvalue weighted by molar-refractivity contribution is 1.45. The smallest absolute Gasteiger partial charge is 0.161 e. The maximum atomic E-state index is 6.15. The van der Waals surface area contributed by atoms with E-state index in [4.69, 9.17) is 16.6 Å². The third-order valence-electron chi connectivity index (χ3n) is 5.03. The summed E-state index contributed by atoms with van der Waals surface area (Å²) in [6.45, 7) is 5.96.